The molecule has 0 bridgehead atoms. The van der Waals surface area contributed by atoms with E-state index in [4.69, 9.17) is 4.52 Å². The molecule has 2 heterocycles. The number of hydrogen-bond donors (Lipinski definition) is 1. The Balaban J connectivity index is 1.53. The predicted molar refractivity (Wildman–Crippen MR) is 133 cm³/mol. The van der Waals surface area contributed by atoms with Gasteiger partial charge < -0.3 is 14.7 Å². The van der Waals surface area contributed by atoms with Gasteiger partial charge in [-0.05, 0) is 49.2 Å². The number of nitrogens with zero attached hydrogens (tertiary/aromatic N) is 3. The molecule has 35 heavy (non-hydrogen) atoms. The summed E-state index contributed by atoms with van der Waals surface area (Å²) in [5, 5.41) is 6.56. The van der Waals surface area contributed by atoms with E-state index in [0.717, 1.165) is 0 Å². The fraction of sp³-hybridized carbons (Fsp3) is 0.280. The summed E-state index contributed by atoms with van der Waals surface area (Å²) in [6.07, 6.45) is 3.35. The summed E-state index contributed by atoms with van der Waals surface area (Å²) in [5.41, 5.74) is 2.78. The zero-order valence-corrected chi connectivity index (χ0v) is 20.6. The molecule has 0 unspecified atom stereocenters. The molecule has 2 aromatic carbocycles. The fourth-order valence-corrected chi connectivity index (χ4v) is 5.70. The van der Waals surface area contributed by atoms with Crippen LogP contribution in [0.5, 0.6) is 0 Å². The molecule has 1 aliphatic rings. The van der Waals surface area contributed by atoms with E-state index in [0.29, 0.717) is 47.0 Å². The van der Waals surface area contributed by atoms with Crippen LogP contribution in [0.4, 0.5) is 15.8 Å². The van der Waals surface area contributed by atoms with Crippen molar-refractivity contribution in [1.82, 2.24) is 9.46 Å². The van der Waals surface area contributed by atoms with Gasteiger partial charge in [-0.25, -0.2) is 12.8 Å². The van der Waals surface area contributed by atoms with E-state index in [1.165, 1.54) is 17.3 Å². The molecule has 10 heteroatoms. The van der Waals surface area contributed by atoms with Gasteiger partial charge in [0.25, 0.3) is 0 Å². The number of piperazine rings is 1. The van der Waals surface area contributed by atoms with Crippen LogP contribution >= 0.6 is 0 Å². The van der Waals surface area contributed by atoms with Crippen LogP contribution in [0.15, 0.2) is 51.9 Å². The SMILES string of the molecule is CC(=O)Nc1c(C)noc1C=Cc1ccc(C)c(S(=O)(=O)N2CCN(c3ccccc3F)CC2)c1. The molecule has 184 valence electrons. The third-order valence-electron chi connectivity index (χ3n) is 5.88. The van der Waals surface area contributed by atoms with Crippen molar-refractivity contribution in [3.8, 4) is 0 Å². The topological polar surface area (TPSA) is 95.8 Å². The third-order valence-corrected chi connectivity index (χ3v) is 7.92. The lowest BCUT2D eigenvalue weighted by Crippen LogP contribution is -2.49. The quantitative estimate of drug-likeness (QED) is 0.551. The van der Waals surface area contributed by atoms with Crippen molar-refractivity contribution in [2.45, 2.75) is 25.7 Å². The lowest BCUT2D eigenvalue weighted by molar-refractivity contribution is -0.114. The molecule has 0 saturated carbocycles. The highest BCUT2D eigenvalue weighted by Gasteiger charge is 2.30. The van der Waals surface area contributed by atoms with Crippen molar-refractivity contribution in [2.24, 2.45) is 0 Å². The first-order valence-corrected chi connectivity index (χ1v) is 12.6. The number of aromatic nitrogens is 1. The number of para-hydroxylation sites is 1. The molecule has 1 saturated heterocycles. The van der Waals surface area contributed by atoms with Crippen LogP contribution < -0.4 is 10.2 Å². The first kappa shape index (κ1) is 24.6. The maximum Gasteiger partial charge on any atom is 0.243 e. The molecule has 1 amide bonds. The van der Waals surface area contributed by atoms with Crippen molar-refractivity contribution in [3.63, 3.8) is 0 Å². The Morgan fingerprint density at radius 1 is 1.09 bits per heavy atom. The second-order valence-electron chi connectivity index (χ2n) is 8.39. The number of carbonyl (C=O) groups is 1. The van der Waals surface area contributed by atoms with Crippen molar-refractivity contribution in [2.75, 3.05) is 36.4 Å². The molecular weight excluding hydrogens is 471 g/mol. The molecule has 8 nitrogen and oxygen atoms in total. The van der Waals surface area contributed by atoms with Gasteiger partial charge in [0.2, 0.25) is 15.9 Å². The number of aryl methyl sites for hydroxylation is 2. The van der Waals surface area contributed by atoms with E-state index >= 15 is 0 Å². The standard InChI is InChI=1S/C25H27FN4O4S/c1-17-8-9-20(10-11-23-25(27-19(3)31)18(2)28-34-23)16-24(17)35(32,33)30-14-12-29(13-15-30)22-7-5-4-6-21(22)26/h4-11,16H,12-15H2,1-3H3,(H,27,31). The van der Waals surface area contributed by atoms with E-state index in [-0.39, 0.29) is 29.7 Å². The Bertz CT molecular complexity index is 1380. The van der Waals surface area contributed by atoms with Gasteiger partial charge in [-0.15, -0.1) is 0 Å². The summed E-state index contributed by atoms with van der Waals surface area (Å²) in [4.78, 5) is 13.5. The van der Waals surface area contributed by atoms with Gasteiger partial charge in [-0.3, -0.25) is 4.79 Å². The van der Waals surface area contributed by atoms with Crippen LogP contribution in [0, 0.1) is 19.7 Å². The van der Waals surface area contributed by atoms with Gasteiger partial charge in [0, 0.05) is 33.1 Å². The average molecular weight is 499 g/mol. The van der Waals surface area contributed by atoms with E-state index in [2.05, 4.69) is 10.5 Å². The molecule has 0 radical (unpaired) electrons. The highest BCUT2D eigenvalue weighted by Crippen LogP contribution is 2.27. The zero-order valence-electron chi connectivity index (χ0n) is 19.8. The smallest absolute Gasteiger partial charge is 0.243 e. The van der Waals surface area contributed by atoms with Gasteiger partial charge >= 0.3 is 0 Å². The van der Waals surface area contributed by atoms with E-state index < -0.39 is 10.0 Å². The summed E-state index contributed by atoms with van der Waals surface area (Å²) in [5.74, 6) is -0.195. The van der Waals surface area contributed by atoms with E-state index in [1.807, 2.05) is 11.0 Å². The first-order valence-electron chi connectivity index (χ1n) is 11.2. The summed E-state index contributed by atoms with van der Waals surface area (Å²) in [7, 11) is -3.75. The first-order chi connectivity index (χ1) is 16.7. The van der Waals surface area contributed by atoms with Crippen LogP contribution in [-0.2, 0) is 14.8 Å². The Kier molecular flexibility index (Phi) is 7.04. The largest absolute Gasteiger partial charge is 0.367 e. The van der Waals surface area contributed by atoms with Gasteiger partial charge in [0.05, 0.1) is 10.6 Å². The van der Waals surface area contributed by atoms with E-state index in [1.54, 1.807) is 56.3 Å². The average Bonchev–Trinajstić information content (AvgIpc) is 3.17. The number of nitrogens with one attached hydrogen (secondary N) is 1. The molecule has 4 rings (SSSR count). The van der Waals surface area contributed by atoms with Crippen LogP contribution in [0.1, 0.15) is 29.5 Å². The van der Waals surface area contributed by atoms with Crippen molar-refractivity contribution < 1.29 is 22.1 Å². The van der Waals surface area contributed by atoms with Crippen LogP contribution in [0.3, 0.4) is 0 Å². The summed E-state index contributed by atoms with van der Waals surface area (Å²) in [6.45, 7) is 6.18. The Hall–Kier alpha value is -3.50. The molecule has 0 atom stereocenters. The molecule has 3 aromatic rings. The second kappa shape index (κ2) is 10.0. The number of anilines is 2. The number of hydrogen-bond acceptors (Lipinski definition) is 6. The van der Waals surface area contributed by atoms with Crippen molar-refractivity contribution in [3.05, 3.63) is 70.9 Å². The number of rotatable bonds is 6. The minimum absolute atomic E-state index is 0.217. The van der Waals surface area contributed by atoms with Gasteiger partial charge in [-0.2, -0.15) is 4.31 Å². The van der Waals surface area contributed by atoms with Crippen LogP contribution in [-0.4, -0.2) is 50.0 Å². The molecule has 1 N–H and O–H groups in total. The zero-order chi connectivity index (χ0) is 25.2. The highest BCUT2D eigenvalue weighted by molar-refractivity contribution is 7.89. The second-order valence-corrected chi connectivity index (χ2v) is 10.3. The number of carbonyl (C=O) groups excluding carboxylic acids is 1. The Morgan fingerprint density at radius 3 is 2.49 bits per heavy atom. The maximum absolute atomic E-state index is 14.1. The lowest BCUT2D eigenvalue weighted by atomic mass is 10.1. The Morgan fingerprint density at radius 2 is 1.80 bits per heavy atom. The number of benzene rings is 2. The molecular formula is C25H27FN4O4S. The monoisotopic (exact) mass is 498 g/mol. The van der Waals surface area contributed by atoms with E-state index in [9.17, 15) is 17.6 Å². The summed E-state index contributed by atoms with van der Waals surface area (Å²) < 4.78 is 47.8. The Labute approximate surface area is 204 Å². The van der Waals surface area contributed by atoms with Crippen LogP contribution in [0.2, 0.25) is 0 Å². The molecule has 0 spiro atoms. The number of sulfonamides is 1. The minimum Gasteiger partial charge on any atom is -0.367 e. The fourth-order valence-electron chi connectivity index (χ4n) is 4.02. The normalized spacial score (nSPS) is 15.0. The molecule has 1 aromatic heterocycles. The third kappa shape index (κ3) is 5.28. The number of halogens is 1. The van der Waals surface area contributed by atoms with Crippen molar-refractivity contribution >= 4 is 39.5 Å². The van der Waals surface area contributed by atoms with Gasteiger partial charge in [0.1, 0.15) is 17.2 Å². The minimum atomic E-state index is -3.75. The number of amides is 1. The predicted octanol–water partition coefficient (Wildman–Crippen LogP) is 4.07. The highest BCUT2D eigenvalue weighted by atomic mass is 32.2. The van der Waals surface area contributed by atoms with Gasteiger partial charge in [-0.1, -0.05) is 35.5 Å². The van der Waals surface area contributed by atoms with Gasteiger partial charge in [0.15, 0.2) is 5.76 Å². The maximum atomic E-state index is 14.1. The summed E-state index contributed by atoms with van der Waals surface area (Å²) >= 11 is 0. The summed E-state index contributed by atoms with van der Waals surface area (Å²) in [6, 6.07) is 11.7. The molecule has 1 fully saturated rings. The molecule has 1 aliphatic heterocycles. The lowest BCUT2D eigenvalue weighted by Gasteiger charge is -2.35. The molecule has 0 aliphatic carbocycles. The van der Waals surface area contributed by atoms with Crippen molar-refractivity contribution in [1.29, 1.82) is 0 Å². The van der Waals surface area contributed by atoms with Crippen LogP contribution in [0.25, 0.3) is 12.2 Å².